The Labute approximate surface area is 131 Å². The summed E-state index contributed by atoms with van der Waals surface area (Å²) in [5.74, 6) is -0.0848. The maximum absolute atomic E-state index is 11.7. The quantitative estimate of drug-likeness (QED) is 0.595. The van der Waals surface area contributed by atoms with E-state index in [0.29, 0.717) is 17.7 Å². The molecular formula is C16H21N3OS. The van der Waals surface area contributed by atoms with Crippen LogP contribution in [0, 0.1) is 11.3 Å². The van der Waals surface area contributed by atoms with E-state index < -0.39 is 0 Å². The maximum atomic E-state index is 11.7. The van der Waals surface area contributed by atoms with E-state index in [0.717, 1.165) is 12.8 Å². The van der Waals surface area contributed by atoms with E-state index in [9.17, 15) is 4.79 Å². The molecule has 0 saturated carbocycles. The zero-order valence-electron chi connectivity index (χ0n) is 12.3. The fourth-order valence-electron chi connectivity index (χ4n) is 1.92. The summed E-state index contributed by atoms with van der Waals surface area (Å²) < 4.78 is 0. The van der Waals surface area contributed by atoms with Crippen molar-refractivity contribution >= 4 is 28.9 Å². The summed E-state index contributed by atoms with van der Waals surface area (Å²) in [7, 11) is 0. The minimum atomic E-state index is -0.0848. The summed E-state index contributed by atoms with van der Waals surface area (Å²) in [6, 6.07) is 9.11. The fraction of sp³-hybridized carbons (Fsp3) is 0.438. The lowest BCUT2D eigenvalue weighted by atomic mass is 10.1. The molecule has 0 aliphatic carbocycles. The van der Waals surface area contributed by atoms with Crippen molar-refractivity contribution < 1.29 is 4.79 Å². The predicted octanol–water partition coefficient (Wildman–Crippen LogP) is 3.73. The lowest BCUT2D eigenvalue weighted by Crippen LogP contribution is -2.34. The van der Waals surface area contributed by atoms with Crippen LogP contribution in [0.3, 0.4) is 0 Å². The van der Waals surface area contributed by atoms with Gasteiger partial charge in [-0.05, 0) is 30.8 Å². The lowest BCUT2D eigenvalue weighted by molar-refractivity contribution is -0.119. The van der Waals surface area contributed by atoms with E-state index in [1.54, 1.807) is 24.3 Å². The Morgan fingerprint density at radius 1 is 1.24 bits per heavy atom. The Kier molecular flexibility index (Phi) is 8.07. The molecule has 1 aromatic carbocycles. The Balaban J connectivity index is 2.33. The van der Waals surface area contributed by atoms with Gasteiger partial charge in [0.1, 0.15) is 6.07 Å². The Morgan fingerprint density at radius 2 is 1.95 bits per heavy atom. The zero-order chi connectivity index (χ0) is 15.5. The van der Waals surface area contributed by atoms with Gasteiger partial charge in [0, 0.05) is 6.42 Å². The summed E-state index contributed by atoms with van der Waals surface area (Å²) >= 11 is 5.09. The summed E-state index contributed by atoms with van der Waals surface area (Å²) in [5, 5.41) is 14.7. The van der Waals surface area contributed by atoms with Crippen LogP contribution in [0.5, 0.6) is 0 Å². The van der Waals surface area contributed by atoms with Gasteiger partial charge in [-0.2, -0.15) is 5.26 Å². The van der Waals surface area contributed by atoms with Gasteiger partial charge in [0.05, 0.1) is 11.3 Å². The molecule has 0 fully saturated rings. The molecule has 112 valence electrons. The summed E-state index contributed by atoms with van der Waals surface area (Å²) in [5.41, 5.74) is 1.10. The van der Waals surface area contributed by atoms with E-state index in [-0.39, 0.29) is 11.0 Å². The number of anilines is 1. The molecule has 0 unspecified atom stereocenters. The molecule has 1 rings (SSSR count). The second-order valence-corrected chi connectivity index (χ2v) is 5.23. The van der Waals surface area contributed by atoms with Gasteiger partial charge >= 0.3 is 0 Å². The molecule has 0 aliphatic rings. The highest BCUT2D eigenvalue weighted by Crippen LogP contribution is 2.13. The number of carbonyl (C=O) groups excluding carboxylic acids is 1. The monoisotopic (exact) mass is 303 g/mol. The molecule has 2 N–H and O–H groups in total. The first-order valence-corrected chi connectivity index (χ1v) is 7.68. The van der Waals surface area contributed by atoms with Crippen molar-refractivity contribution in [3.05, 3.63) is 29.8 Å². The van der Waals surface area contributed by atoms with Gasteiger partial charge in [-0.25, -0.2) is 0 Å². The SMILES string of the molecule is CCCCCCCC(=O)NC(=S)Nc1ccccc1C#N. The number of hydrogen-bond acceptors (Lipinski definition) is 3. The largest absolute Gasteiger partial charge is 0.331 e. The zero-order valence-corrected chi connectivity index (χ0v) is 13.1. The number of benzene rings is 1. The Bertz CT molecular complexity index is 522. The third kappa shape index (κ3) is 6.87. The first-order valence-electron chi connectivity index (χ1n) is 7.27. The van der Waals surface area contributed by atoms with E-state index >= 15 is 0 Å². The van der Waals surface area contributed by atoms with Crippen molar-refractivity contribution in [2.24, 2.45) is 0 Å². The Morgan fingerprint density at radius 3 is 2.67 bits per heavy atom. The molecule has 0 aromatic heterocycles. The van der Waals surface area contributed by atoms with Crippen molar-refractivity contribution in [1.82, 2.24) is 5.32 Å². The summed E-state index contributed by atoms with van der Waals surface area (Å²) in [6.07, 6.45) is 6.00. The molecular weight excluding hydrogens is 282 g/mol. The van der Waals surface area contributed by atoms with Crippen LogP contribution in [-0.2, 0) is 4.79 Å². The summed E-state index contributed by atoms with van der Waals surface area (Å²) in [6.45, 7) is 2.16. The van der Waals surface area contributed by atoms with Gasteiger partial charge in [-0.15, -0.1) is 0 Å². The number of unbranched alkanes of at least 4 members (excludes halogenated alkanes) is 4. The minimum Gasteiger partial charge on any atom is -0.331 e. The number of para-hydroxylation sites is 1. The maximum Gasteiger partial charge on any atom is 0.226 e. The molecule has 0 heterocycles. The van der Waals surface area contributed by atoms with Gasteiger partial charge in [0.25, 0.3) is 0 Å². The van der Waals surface area contributed by atoms with Gasteiger partial charge in [-0.3, -0.25) is 4.79 Å². The average Bonchev–Trinajstić information content (AvgIpc) is 2.47. The minimum absolute atomic E-state index is 0.0848. The molecule has 1 aromatic rings. The molecule has 5 heteroatoms. The van der Waals surface area contributed by atoms with Crippen molar-refractivity contribution in [3.8, 4) is 6.07 Å². The van der Waals surface area contributed by atoms with Crippen LogP contribution in [-0.4, -0.2) is 11.0 Å². The molecule has 0 atom stereocenters. The van der Waals surface area contributed by atoms with Gasteiger partial charge < -0.3 is 10.6 Å². The average molecular weight is 303 g/mol. The highest BCUT2D eigenvalue weighted by molar-refractivity contribution is 7.80. The van der Waals surface area contributed by atoms with E-state index in [1.165, 1.54) is 19.3 Å². The van der Waals surface area contributed by atoms with Crippen LogP contribution in [0.15, 0.2) is 24.3 Å². The van der Waals surface area contributed by atoms with Crippen LogP contribution in [0.2, 0.25) is 0 Å². The number of rotatable bonds is 7. The number of nitriles is 1. The number of carbonyl (C=O) groups is 1. The topological polar surface area (TPSA) is 64.9 Å². The van der Waals surface area contributed by atoms with Gasteiger partial charge in [-0.1, -0.05) is 44.7 Å². The van der Waals surface area contributed by atoms with Crippen molar-refractivity contribution in [2.75, 3.05) is 5.32 Å². The number of thiocarbonyl (C=S) groups is 1. The predicted molar refractivity (Wildman–Crippen MR) is 88.9 cm³/mol. The first-order chi connectivity index (χ1) is 10.2. The third-order valence-electron chi connectivity index (χ3n) is 3.06. The van der Waals surface area contributed by atoms with Crippen molar-refractivity contribution in [3.63, 3.8) is 0 Å². The van der Waals surface area contributed by atoms with Crippen molar-refractivity contribution in [2.45, 2.75) is 45.4 Å². The number of nitrogens with zero attached hydrogens (tertiary/aromatic N) is 1. The van der Waals surface area contributed by atoms with Gasteiger partial charge in [0.2, 0.25) is 5.91 Å². The molecule has 1 amide bonds. The fourth-order valence-corrected chi connectivity index (χ4v) is 2.15. The summed E-state index contributed by atoms with van der Waals surface area (Å²) in [4.78, 5) is 11.7. The number of nitrogens with one attached hydrogen (secondary N) is 2. The molecule has 21 heavy (non-hydrogen) atoms. The Hall–Kier alpha value is -1.93. The number of hydrogen-bond donors (Lipinski definition) is 2. The molecule has 0 aliphatic heterocycles. The van der Waals surface area contributed by atoms with Crippen LogP contribution < -0.4 is 10.6 Å². The highest BCUT2D eigenvalue weighted by atomic mass is 32.1. The second kappa shape index (κ2) is 9.89. The molecule has 0 bridgehead atoms. The molecule has 0 radical (unpaired) electrons. The van der Waals surface area contributed by atoms with E-state index in [4.69, 9.17) is 17.5 Å². The lowest BCUT2D eigenvalue weighted by Gasteiger charge is -2.10. The van der Waals surface area contributed by atoms with E-state index in [1.807, 2.05) is 0 Å². The molecule has 0 spiro atoms. The number of amides is 1. The second-order valence-electron chi connectivity index (χ2n) is 4.82. The smallest absolute Gasteiger partial charge is 0.226 e. The van der Waals surface area contributed by atoms with Crippen molar-refractivity contribution in [1.29, 1.82) is 5.26 Å². The molecule has 4 nitrogen and oxygen atoms in total. The van der Waals surface area contributed by atoms with Gasteiger partial charge in [0.15, 0.2) is 5.11 Å². The first kappa shape index (κ1) is 17.1. The van der Waals surface area contributed by atoms with Crippen LogP contribution in [0.25, 0.3) is 0 Å². The normalized spacial score (nSPS) is 9.71. The third-order valence-corrected chi connectivity index (χ3v) is 3.26. The highest BCUT2D eigenvalue weighted by Gasteiger charge is 2.06. The van der Waals surface area contributed by atoms with E-state index in [2.05, 4.69) is 23.6 Å². The van der Waals surface area contributed by atoms with Crippen LogP contribution in [0.4, 0.5) is 5.69 Å². The molecule has 0 saturated heterocycles. The standard InChI is InChI=1S/C16H21N3OS/c1-2-3-4-5-6-11-15(20)19-16(21)18-14-10-8-7-9-13(14)12-17/h7-10H,2-6,11H2,1H3,(H2,18,19,20,21). The van der Waals surface area contributed by atoms with Crippen LogP contribution >= 0.6 is 12.2 Å². The van der Waals surface area contributed by atoms with Crippen LogP contribution in [0.1, 0.15) is 51.0 Å².